The predicted octanol–water partition coefficient (Wildman–Crippen LogP) is 2.47. The summed E-state index contributed by atoms with van der Waals surface area (Å²) >= 11 is 0. The van der Waals surface area contributed by atoms with Gasteiger partial charge in [0.05, 0.1) is 12.1 Å². The zero-order valence-electron chi connectivity index (χ0n) is 5.10. The first-order valence-electron chi connectivity index (χ1n) is 2.99. The Kier molecular flexibility index (Phi) is 1.88. The molecule has 0 aromatic carbocycles. The molecule has 9 heavy (non-hydrogen) atoms. The first-order valence-corrected chi connectivity index (χ1v) is 2.99. The quantitative estimate of drug-likeness (QED) is 0.497. The van der Waals surface area contributed by atoms with Gasteiger partial charge < -0.3 is 5.11 Å². The van der Waals surface area contributed by atoms with Crippen LogP contribution < -0.4 is 0 Å². The standard InChI is InChI=1S/C7H9FO/c8-7-3-1-6(5-9)2-4-7/h3,5,9H,1-2,4H2/b6-5-. The van der Waals surface area contributed by atoms with E-state index in [1.54, 1.807) is 0 Å². The molecule has 0 heterocycles. The van der Waals surface area contributed by atoms with Gasteiger partial charge in [0.2, 0.25) is 0 Å². The lowest BCUT2D eigenvalue weighted by molar-refractivity contribution is 0.458. The Hall–Kier alpha value is -0.790. The molecule has 1 aliphatic carbocycles. The number of rotatable bonds is 0. The number of aliphatic hydroxyl groups excluding tert-OH is 1. The minimum atomic E-state index is -0.0550. The van der Waals surface area contributed by atoms with Gasteiger partial charge in [-0.15, -0.1) is 0 Å². The van der Waals surface area contributed by atoms with Crippen molar-refractivity contribution in [2.75, 3.05) is 0 Å². The van der Waals surface area contributed by atoms with Crippen LogP contribution in [0.5, 0.6) is 0 Å². The van der Waals surface area contributed by atoms with E-state index in [1.807, 2.05) is 0 Å². The molecule has 0 fully saturated rings. The van der Waals surface area contributed by atoms with Crippen molar-refractivity contribution in [3.05, 3.63) is 23.7 Å². The van der Waals surface area contributed by atoms with E-state index in [9.17, 15) is 4.39 Å². The number of aliphatic hydroxyl groups is 1. The fourth-order valence-electron chi connectivity index (χ4n) is 0.843. The van der Waals surface area contributed by atoms with Crippen molar-refractivity contribution >= 4 is 0 Å². The maximum Gasteiger partial charge on any atom is 0.0966 e. The molecule has 2 heteroatoms. The second-order valence-corrected chi connectivity index (χ2v) is 2.14. The highest BCUT2D eigenvalue weighted by molar-refractivity contribution is 5.13. The van der Waals surface area contributed by atoms with Gasteiger partial charge in [-0.1, -0.05) is 0 Å². The second-order valence-electron chi connectivity index (χ2n) is 2.14. The van der Waals surface area contributed by atoms with Crippen LogP contribution >= 0.6 is 0 Å². The summed E-state index contributed by atoms with van der Waals surface area (Å²) < 4.78 is 12.2. The molecule has 0 radical (unpaired) electrons. The van der Waals surface area contributed by atoms with Crippen molar-refractivity contribution in [1.82, 2.24) is 0 Å². The lowest BCUT2D eigenvalue weighted by atomic mass is 10.0. The molecular formula is C7H9FO. The predicted molar refractivity (Wildman–Crippen MR) is 33.8 cm³/mol. The summed E-state index contributed by atoms with van der Waals surface area (Å²) in [5, 5.41) is 8.46. The Labute approximate surface area is 53.5 Å². The second kappa shape index (κ2) is 2.67. The monoisotopic (exact) mass is 128 g/mol. The SMILES string of the molecule is O/C=C1/CC=C(F)CC1. The highest BCUT2D eigenvalue weighted by Crippen LogP contribution is 2.22. The Morgan fingerprint density at radius 3 is 2.78 bits per heavy atom. The molecule has 1 aliphatic rings. The van der Waals surface area contributed by atoms with Crippen LogP contribution in [0, 0.1) is 0 Å². The third kappa shape index (κ3) is 1.56. The van der Waals surface area contributed by atoms with Crippen molar-refractivity contribution in [1.29, 1.82) is 0 Å². The minimum absolute atomic E-state index is 0.0550. The van der Waals surface area contributed by atoms with Gasteiger partial charge in [0.1, 0.15) is 0 Å². The lowest BCUT2D eigenvalue weighted by Crippen LogP contribution is -1.90. The molecule has 0 saturated carbocycles. The fourth-order valence-corrected chi connectivity index (χ4v) is 0.843. The lowest BCUT2D eigenvalue weighted by Gasteiger charge is -2.07. The molecule has 1 rings (SSSR count). The van der Waals surface area contributed by atoms with Crippen LogP contribution in [0.15, 0.2) is 23.7 Å². The number of hydrogen-bond acceptors (Lipinski definition) is 1. The largest absolute Gasteiger partial charge is 0.516 e. The van der Waals surface area contributed by atoms with E-state index in [1.165, 1.54) is 6.08 Å². The van der Waals surface area contributed by atoms with E-state index in [0.717, 1.165) is 11.8 Å². The van der Waals surface area contributed by atoms with Gasteiger partial charge in [0, 0.05) is 6.42 Å². The highest BCUT2D eigenvalue weighted by atomic mass is 19.1. The minimum Gasteiger partial charge on any atom is -0.516 e. The zero-order valence-corrected chi connectivity index (χ0v) is 5.10. The van der Waals surface area contributed by atoms with Gasteiger partial charge >= 0.3 is 0 Å². The van der Waals surface area contributed by atoms with Gasteiger partial charge in [-0.05, 0) is 24.5 Å². The summed E-state index contributed by atoms with van der Waals surface area (Å²) in [7, 11) is 0. The fraction of sp³-hybridized carbons (Fsp3) is 0.429. The van der Waals surface area contributed by atoms with Crippen molar-refractivity contribution in [2.24, 2.45) is 0 Å². The van der Waals surface area contributed by atoms with Crippen LogP contribution in [-0.4, -0.2) is 5.11 Å². The average Bonchev–Trinajstić information content (AvgIpc) is 1.90. The van der Waals surface area contributed by atoms with Gasteiger partial charge in [0.25, 0.3) is 0 Å². The molecular weight excluding hydrogens is 119 g/mol. The summed E-state index contributed by atoms with van der Waals surface area (Å²) in [5.74, 6) is -0.0550. The molecule has 0 aliphatic heterocycles. The molecule has 0 aromatic heterocycles. The Bertz CT molecular complexity index is 158. The van der Waals surface area contributed by atoms with Gasteiger partial charge in [0.15, 0.2) is 0 Å². The van der Waals surface area contributed by atoms with Crippen molar-refractivity contribution < 1.29 is 9.50 Å². The molecule has 0 aromatic rings. The molecule has 50 valence electrons. The van der Waals surface area contributed by atoms with E-state index in [2.05, 4.69) is 0 Å². The maximum absolute atomic E-state index is 12.2. The third-order valence-corrected chi connectivity index (χ3v) is 1.45. The summed E-state index contributed by atoms with van der Waals surface area (Å²) in [6.45, 7) is 0. The van der Waals surface area contributed by atoms with Crippen LogP contribution in [0.1, 0.15) is 19.3 Å². The van der Waals surface area contributed by atoms with E-state index in [0.29, 0.717) is 19.3 Å². The van der Waals surface area contributed by atoms with E-state index in [-0.39, 0.29) is 5.83 Å². The van der Waals surface area contributed by atoms with Crippen molar-refractivity contribution in [3.63, 3.8) is 0 Å². The van der Waals surface area contributed by atoms with E-state index in [4.69, 9.17) is 5.11 Å². The molecule has 0 saturated heterocycles. The number of halogens is 1. The summed E-state index contributed by atoms with van der Waals surface area (Å²) in [6.07, 6.45) is 4.27. The number of allylic oxidation sites excluding steroid dienone is 3. The smallest absolute Gasteiger partial charge is 0.0966 e. The topological polar surface area (TPSA) is 20.2 Å². The summed E-state index contributed by atoms with van der Waals surface area (Å²) in [4.78, 5) is 0. The molecule has 0 atom stereocenters. The normalized spacial score (nSPS) is 24.1. The molecule has 0 spiro atoms. The molecule has 0 amide bonds. The Morgan fingerprint density at radius 2 is 2.33 bits per heavy atom. The molecule has 0 bridgehead atoms. The summed E-state index contributed by atoms with van der Waals surface area (Å²) in [6, 6.07) is 0. The van der Waals surface area contributed by atoms with Gasteiger partial charge in [-0.25, -0.2) is 4.39 Å². The van der Waals surface area contributed by atoms with E-state index < -0.39 is 0 Å². The van der Waals surface area contributed by atoms with Crippen LogP contribution in [0.2, 0.25) is 0 Å². The zero-order chi connectivity index (χ0) is 6.69. The Morgan fingerprint density at radius 1 is 1.56 bits per heavy atom. The van der Waals surface area contributed by atoms with Crippen LogP contribution in [0.3, 0.4) is 0 Å². The van der Waals surface area contributed by atoms with E-state index >= 15 is 0 Å². The van der Waals surface area contributed by atoms with Gasteiger partial charge in [-0.2, -0.15) is 0 Å². The number of hydrogen-bond donors (Lipinski definition) is 1. The van der Waals surface area contributed by atoms with Gasteiger partial charge in [-0.3, -0.25) is 0 Å². The van der Waals surface area contributed by atoms with Crippen LogP contribution in [0.25, 0.3) is 0 Å². The summed E-state index contributed by atoms with van der Waals surface area (Å²) in [5.41, 5.74) is 0.913. The first kappa shape index (κ1) is 6.33. The Balaban J connectivity index is 2.56. The highest BCUT2D eigenvalue weighted by Gasteiger charge is 2.05. The first-order chi connectivity index (χ1) is 4.33. The van der Waals surface area contributed by atoms with Crippen LogP contribution in [-0.2, 0) is 0 Å². The molecule has 1 N–H and O–H groups in total. The van der Waals surface area contributed by atoms with Crippen LogP contribution in [0.4, 0.5) is 4.39 Å². The van der Waals surface area contributed by atoms with Crippen molar-refractivity contribution in [3.8, 4) is 0 Å². The third-order valence-electron chi connectivity index (χ3n) is 1.45. The maximum atomic E-state index is 12.2. The van der Waals surface area contributed by atoms with Crippen molar-refractivity contribution in [2.45, 2.75) is 19.3 Å². The molecule has 0 unspecified atom stereocenters. The average molecular weight is 128 g/mol. The molecule has 1 nitrogen and oxygen atoms in total.